The van der Waals surface area contributed by atoms with Crippen LogP contribution in [0.3, 0.4) is 0 Å². The summed E-state index contributed by atoms with van der Waals surface area (Å²) in [7, 11) is 0. The molecule has 0 unspecified atom stereocenters. The maximum Gasteiger partial charge on any atom is 0.260 e. The van der Waals surface area contributed by atoms with Gasteiger partial charge in [-0.2, -0.15) is 4.98 Å². The van der Waals surface area contributed by atoms with Gasteiger partial charge >= 0.3 is 0 Å². The zero-order chi connectivity index (χ0) is 15.0. The lowest BCUT2D eigenvalue weighted by Gasteiger charge is -1.99. The molecule has 3 aromatic rings. The van der Waals surface area contributed by atoms with E-state index in [0.717, 1.165) is 24.3 Å². The maximum absolute atomic E-state index is 13.2. The van der Waals surface area contributed by atoms with Crippen LogP contribution in [0.25, 0.3) is 22.8 Å². The van der Waals surface area contributed by atoms with Gasteiger partial charge in [0.2, 0.25) is 5.82 Å². The van der Waals surface area contributed by atoms with E-state index in [-0.39, 0.29) is 23.0 Å². The lowest BCUT2D eigenvalue weighted by molar-refractivity contribution is 0.432. The SMILES string of the molecule is Nc1cc(F)ccc1-c1nc(-c2cc(F)cc(F)c2)no1. The van der Waals surface area contributed by atoms with Crippen molar-refractivity contribution >= 4 is 5.69 Å². The smallest absolute Gasteiger partial charge is 0.260 e. The summed E-state index contributed by atoms with van der Waals surface area (Å²) in [5.41, 5.74) is 6.25. The van der Waals surface area contributed by atoms with Gasteiger partial charge in [0.1, 0.15) is 17.5 Å². The molecule has 0 bridgehead atoms. The number of nitrogens with two attached hydrogens (primary N) is 1. The van der Waals surface area contributed by atoms with E-state index in [0.29, 0.717) is 5.56 Å². The van der Waals surface area contributed by atoms with Crippen molar-refractivity contribution in [2.45, 2.75) is 0 Å². The number of rotatable bonds is 2. The van der Waals surface area contributed by atoms with Crippen molar-refractivity contribution in [2.75, 3.05) is 5.73 Å². The molecular formula is C14H8F3N3O. The fourth-order valence-corrected chi connectivity index (χ4v) is 1.86. The minimum Gasteiger partial charge on any atom is -0.398 e. The highest BCUT2D eigenvalue weighted by molar-refractivity contribution is 5.71. The molecule has 0 fully saturated rings. The van der Waals surface area contributed by atoms with E-state index in [2.05, 4.69) is 10.1 Å². The second-order valence-electron chi connectivity index (χ2n) is 4.31. The summed E-state index contributed by atoms with van der Waals surface area (Å²) in [6.45, 7) is 0. The van der Waals surface area contributed by atoms with Gasteiger partial charge in [-0.25, -0.2) is 13.2 Å². The van der Waals surface area contributed by atoms with Gasteiger partial charge in [0, 0.05) is 17.3 Å². The average molecular weight is 291 g/mol. The molecule has 0 radical (unpaired) electrons. The standard InChI is InChI=1S/C14H8F3N3O/c15-8-1-2-11(12(18)6-8)14-19-13(20-21-14)7-3-9(16)5-10(17)4-7/h1-6H,18H2. The quantitative estimate of drug-likeness (QED) is 0.735. The molecule has 0 saturated carbocycles. The molecule has 21 heavy (non-hydrogen) atoms. The Kier molecular flexibility index (Phi) is 3.09. The highest BCUT2D eigenvalue weighted by Crippen LogP contribution is 2.27. The van der Waals surface area contributed by atoms with Crippen molar-refractivity contribution in [1.29, 1.82) is 0 Å². The van der Waals surface area contributed by atoms with Crippen molar-refractivity contribution in [3.05, 3.63) is 53.8 Å². The predicted octanol–water partition coefficient (Wildman–Crippen LogP) is 3.40. The monoisotopic (exact) mass is 291 g/mol. The van der Waals surface area contributed by atoms with Gasteiger partial charge in [-0.1, -0.05) is 5.16 Å². The first-order valence-electron chi connectivity index (χ1n) is 5.88. The zero-order valence-corrected chi connectivity index (χ0v) is 10.5. The van der Waals surface area contributed by atoms with Crippen molar-refractivity contribution in [3.8, 4) is 22.8 Å². The summed E-state index contributed by atoms with van der Waals surface area (Å²) in [6.07, 6.45) is 0. The van der Waals surface area contributed by atoms with Gasteiger partial charge < -0.3 is 10.3 Å². The van der Waals surface area contributed by atoms with Crippen molar-refractivity contribution in [1.82, 2.24) is 10.1 Å². The van der Waals surface area contributed by atoms with Crippen LogP contribution in [0.2, 0.25) is 0 Å². The van der Waals surface area contributed by atoms with E-state index >= 15 is 0 Å². The lowest BCUT2D eigenvalue weighted by atomic mass is 10.1. The zero-order valence-electron chi connectivity index (χ0n) is 10.5. The molecule has 106 valence electrons. The normalized spacial score (nSPS) is 10.8. The first-order valence-corrected chi connectivity index (χ1v) is 5.88. The Hall–Kier alpha value is -2.83. The molecule has 0 aliphatic heterocycles. The highest BCUT2D eigenvalue weighted by Gasteiger charge is 2.14. The van der Waals surface area contributed by atoms with Crippen LogP contribution in [0, 0.1) is 17.5 Å². The van der Waals surface area contributed by atoms with Crippen LogP contribution in [0.1, 0.15) is 0 Å². The van der Waals surface area contributed by atoms with Crippen LogP contribution >= 0.6 is 0 Å². The summed E-state index contributed by atoms with van der Waals surface area (Å²) >= 11 is 0. The third kappa shape index (κ3) is 2.58. The lowest BCUT2D eigenvalue weighted by Crippen LogP contribution is -1.91. The van der Waals surface area contributed by atoms with Gasteiger partial charge in [-0.15, -0.1) is 0 Å². The number of hydrogen-bond acceptors (Lipinski definition) is 4. The van der Waals surface area contributed by atoms with E-state index in [1.54, 1.807) is 0 Å². The number of aromatic nitrogens is 2. The molecule has 2 aromatic carbocycles. The van der Waals surface area contributed by atoms with Crippen LogP contribution in [0.4, 0.5) is 18.9 Å². The summed E-state index contributed by atoms with van der Waals surface area (Å²) in [4.78, 5) is 4.01. The van der Waals surface area contributed by atoms with E-state index in [1.165, 1.54) is 12.1 Å². The molecule has 7 heteroatoms. The fourth-order valence-electron chi connectivity index (χ4n) is 1.86. The van der Waals surface area contributed by atoms with Gasteiger partial charge in [0.15, 0.2) is 0 Å². The van der Waals surface area contributed by atoms with Gasteiger partial charge in [-0.3, -0.25) is 0 Å². The topological polar surface area (TPSA) is 64.9 Å². The van der Waals surface area contributed by atoms with Crippen LogP contribution in [0.5, 0.6) is 0 Å². The van der Waals surface area contributed by atoms with E-state index < -0.39 is 17.5 Å². The average Bonchev–Trinajstić information content (AvgIpc) is 2.87. The molecule has 0 saturated heterocycles. The number of nitrogens with zero attached hydrogens (tertiary/aromatic N) is 2. The number of anilines is 1. The van der Waals surface area contributed by atoms with Crippen LogP contribution in [-0.4, -0.2) is 10.1 Å². The maximum atomic E-state index is 13.2. The third-order valence-electron chi connectivity index (χ3n) is 2.79. The first kappa shape index (κ1) is 13.2. The van der Waals surface area contributed by atoms with Crippen LogP contribution in [0.15, 0.2) is 40.9 Å². The Morgan fingerprint density at radius 2 is 1.62 bits per heavy atom. The van der Waals surface area contributed by atoms with Crippen LogP contribution < -0.4 is 5.73 Å². The van der Waals surface area contributed by atoms with E-state index in [9.17, 15) is 13.2 Å². The van der Waals surface area contributed by atoms with E-state index in [4.69, 9.17) is 10.3 Å². The molecule has 3 rings (SSSR count). The molecular weight excluding hydrogens is 283 g/mol. The van der Waals surface area contributed by atoms with Crippen LogP contribution in [-0.2, 0) is 0 Å². The second-order valence-corrected chi connectivity index (χ2v) is 4.31. The predicted molar refractivity (Wildman–Crippen MR) is 69.5 cm³/mol. The molecule has 4 nitrogen and oxygen atoms in total. The van der Waals surface area contributed by atoms with Gasteiger partial charge in [0.05, 0.1) is 5.56 Å². The number of nitrogen functional groups attached to an aromatic ring is 1. The number of hydrogen-bond donors (Lipinski definition) is 1. The largest absolute Gasteiger partial charge is 0.398 e. The molecule has 0 atom stereocenters. The Labute approximate surface area is 117 Å². The molecule has 0 amide bonds. The minimum atomic E-state index is -0.752. The summed E-state index contributed by atoms with van der Waals surface area (Å²) < 4.78 is 44.3. The molecule has 1 aromatic heterocycles. The number of halogens is 3. The number of benzene rings is 2. The van der Waals surface area contributed by atoms with Crippen molar-refractivity contribution in [2.24, 2.45) is 0 Å². The van der Waals surface area contributed by atoms with Crippen molar-refractivity contribution < 1.29 is 17.7 Å². The first-order chi connectivity index (χ1) is 10.0. The summed E-state index contributed by atoms with van der Waals surface area (Å²) in [6, 6.07) is 6.58. The Morgan fingerprint density at radius 1 is 0.905 bits per heavy atom. The fraction of sp³-hybridized carbons (Fsp3) is 0. The molecule has 2 N–H and O–H groups in total. The van der Waals surface area contributed by atoms with Gasteiger partial charge in [0.25, 0.3) is 5.89 Å². The Balaban J connectivity index is 2.03. The summed E-state index contributed by atoms with van der Waals surface area (Å²) in [5.74, 6) is -1.96. The molecule has 0 aliphatic carbocycles. The molecule has 0 aliphatic rings. The molecule has 0 spiro atoms. The minimum absolute atomic E-state index is 0.00660. The second kappa shape index (κ2) is 4.93. The van der Waals surface area contributed by atoms with E-state index in [1.807, 2.05) is 0 Å². The molecule has 1 heterocycles. The Morgan fingerprint density at radius 3 is 2.29 bits per heavy atom. The summed E-state index contributed by atoms with van der Waals surface area (Å²) in [5, 5.41) is 3.64. The Bertz CT molecular complexity index is 797. The third-order valence-corrected chi connectivity index (χ3v) is 2.79. The van der Waals surface area contributed by atoms with Gasteiger partial charge in [-0.05, 0) is 30.3 Å². The highest BCUT2D eigenvalue weighted by atomic mass is 19.1. The van der Waals surface area contributed by atoms with Crippen molar-refractivity contribution in [3.63, 3.8) is 0 Å².